The Morgan fingerprint density at radius 2 is 1.48 bits per heavy atom. The summed E-state index contributed by atoms with van der Waals surface area (Å²) >= 11 is 1.82. The highest BCUT2D eigenvalue weighted by molar-refractivity contribution is 7.99. The van der Waals surface area contributed by atoms with Gasteiger partial charge in [-0.05, 0) is 92.9 Å². The second-order valence-corrected chi connectivity index (χ2v) is 11.6. The molecule has 0 unspecified atom stereocenters. The molecule has 4 heteroatoms. The number of nitrogens with one attached hydrogen (secondary N) is 1. The number of carbonyl (C=O) groups is 1. The van der Waals surface area contributed by atoms with Crippen molar-refractivity contribution in [3.05, 3.63) is 48.5 Å². The van der Waals surface area contributed by atoms with Crippen LogP contribution < -0.4 is 10.2 Å². The largest absolute Gasteiger partial charge is 0.353 e. The second-order valence-electron chi connectivity index (χ2n) is 10.5. The van der Waals surface area contributed by atoms with Crippen molar-refractivity contribution in [2.75, 3.05) is 11.4 Å². The number of hydrogen-bond acceptors (Lipinski definition) is 3. The molecule has 3 nitrogen and oxygen atoms in total. The van der Waals surface area contributed by atoms with E-state index in [1.807, 2.05) is 11.8 Å². The van der Waals surface area contributed by atoms with Crippen LogP contribution in [0.5, 0.6) is 0 Å². The van der Waals surface area contributed by atoms with Crippen molar-refractivity contribution in [2.45, 2.75) is 67.7 Å². The van der Waals surface area contributed by atoms with Crippen LogP contribution in [0.2, 0.25) is 0 Å². The normalized spacial score (nSPS) is 31.1. The van der Waals surface area contributed by atoms with Crippen LogP contribution in [0.3, 0.4) is 0 Å². The first-order valence-electron chi connectivity index (χ1n) is 12.0. The minimum absolute atomic E-state index is 0.205. The number of anilines is 2. The molecule has 0 saturated heterocycles. The maximum Gasteiger partial charge on any atom is 0.222 e. The van der Waals surface area contributed by atoms with Crippen molar-refractivity contribution >= 4 is 29.0 Å². The lowest BCUT2D eigenvalue weighted by Gasteiger charge is -2.59. The number of hydrogen-bond donors (Lipinski definition) is 1. The van der Waals surface area contributed by atoms with Crippen LogP contribution >= 0.6 is 11.8 Å². The number of para-hydroxylation sites is 2. The van der Waals surface area contributed by atoms with E-state index < -0.39 is 0 Å². The molecular formula is C27H32N2OS. The second kappa shape index (κ2) is 7.58. The van der Waals surface area contributed by atoms with Crippen LogP contribution in [0.4, 0.5) is 11.4 Å². The van der Waals surface area contributed by atoms with Gasteiger partial charge in [-0.2, -0.15) is 0 Å². The molecule has 162 valence electrons. The molecule has 1 N–H and O–H groups in total. The molecule has 4 aliphatic carbocycles. The number of carbonyl (C=O) groups excluding carboxylic acids is 1. The summed E-state index contributed by atoms with van der Waals surface area (Å²) in [7, 11) is 0. The van der Waals surface area contributed by atoms with Crippen molar-refractivity contribution in [3.63, 3.8) is 0 Å². The average molecular weight is 433 g/mol. The van der Waals surface area contributed by atoms with Gasteiger partial charge in [0.15, 0.2) is 0 Å². The molecule has 31 heavy (non-hydrogen) atoms. The van der Waals surface area contributed by atoms with Crippen molar-refractivity contribution in [3.8, 4) is 0 Å². The molecule has 1 aliphatic heterocycles. The topological polar surface area (TPSA) is 32.3 Å². The number of amides is 1. The van der Waals surface area contributed by atoms with Gasteiger partial charge in [0, 0.05) is 28.8 Å². The van der Waals surface area contributed by atoms with Gasteiger partial charge in [0.2, 0.25) is 5.91 Å². The number of rotatable bonds is 5. The van der Waals surface area contributed by atoms with E-state index in [0.29, 0.717) is 24.4 Å². The van der Waals surface area contributed by atoms with E-state index in [2.05, 4.69) is 65.7 Å². The minimum Gasteiger partial charge on any atom is -0.353 e. The maximum absolute atomic E-state index is 13.1. The van der Waals surface area contributed by atoms with Crippen molar-refractivity contribution < 1.29 is 4.79 Å². The van der Waals surface area contributed by atoms with Crippen LogP contribution in [0.1, 0.15) is 51.9 Å². The van der Waals surface area contributed by atoms with Gasteiger partial charge in [-0.3, -0.25) is 4.79 Å². The van der Waals surface area contributed by atoms with Crippen LogP contribution in [0, 0.1) is 23.2 Å². The first kappa shape index (κ1) is 19.7. The molecule has 4 fully saturated rings. The third-order valence-corrected chi connectivity index (χ3v) is 9.61. The lowest BCUT2D eigenvalue weighted by Crippen LogP contribution is -2.56. The lowest BCUT2D eigenvalue weighted by atomic mass is 9.48. The zero-order valence-electron chi connectivity index (χ0n) is 18.3. The standard InChI is InChI=1S/C27H32N2OS/c1-18(27-15-19-12-20(16-27)14-21(13-19)17-27)28-26(30)10-11-29-22-6-2-4-8-24(22)31-25-9-5-3-7-23(25)29/h2-9,18-21H,10-17H2,1H3,(H,28,30)/t18-,19?,20?,21?,27?/m0/s1. The molecule has 0 aromatic heterocycles. The third kappa shape index (κ3) is 3.47. The Morgan fingerprint density at radius 3 is 2.03 bits per heavy atom. The summed E-state index contributed by atoms with van der Waals surface area (Å²) in [4.78, 5) is 17.9. The molecule has 4 bridgehead atoms. The highest BCUT2D eigenvalue weighted by Gasteiger charge is 2.53. The van der Waals surface area contributed by atoms with E-state index in [-0.39, 0.29) is 5.91 Å². The molecule has 1 atom stereocenters. The maximum atomic E-state index is 13.1. The van der Waals surface area contributed by atoms with E-state index in [4.69, 9.17) is 0 Å². The molecule has 0 spiro atoms. The highest BCUT2D eigenvalue weighted by Crippen LogP contribution is 2.61. The summed E-state index contributed by atoms with van der Waals surface area (Å²) in [6.45, 7) is 3.00. The predicted molar refractivity (Wildman–Crippen MR) is 127 cm³/mol. The molecule has 1 heterocycles. The van der Waals surface area contributed by atoms with E-state index in [1.165, 1.54) is 59.7 Å². The molecule has 4 saturated carbocycles. The fourth-order valence-electron chi connectivity index (χ4n) is 7.41. The van der Waals surface area contributed by atoms with Crippen molar-refractivity contribution in [1.29, 1.82) is 0 Å². The summed E-state index contributed by atoms with van der Waals surface area (Å²) < 4.78 is 0. The molecule has 1 amide bonds. The number of nitrogens with zero attached hydrogens (tertiary/aromatic N) is 1. The summed E-state index contributed by atoms with van der Waals surface area (Å²) in [5.74, 6) is 2.97. The van der Waals surface area contributed by atoms with E-state index in [0.717, 1.165) is 17.8 Å². The van der Waals surface area contributed by atoms with Gasteiger partial charge in [-0.15, -0.1) is 0 Å². The summed E-state index contributed by atoms with van der Waals surface area (Å²) in [5, 5.41) is 3.45. The minimum atomic E-state index is 0.205. The SMILES string of the molecule is C[C@H](NC(=O)CCN1c2ccccc2Sc2ccccc21)C12CC3CC(CC(C3)C1)C2. The van der Waals surface area contributed by atoms with Crippen LogP contribution in [0.15, 0.2) is 58.3 Å². The van der Waals surface area contributed by atoms with Gasteiger partial charge in [-0.25, -0.2) is 0 Å². The highest BCUT2D eigenvalue weighted by atomic mass is 32.2. The monoisotopic (exact) mass is 432 g/mol. The van der Waals surface area contributed by atoms with Crippen molar-refractivity contribution in [2.24, 2.45) is 23.2 Å². The Morgan fingerprint density at radius 1 is 0.968 bits per heavy atom. The van der Waals surface area contributed by atoms with Crippen LogP contribution in [-0.4, -0.2) is 18.5 Å². The molecule has 2 aromatic carbocycles. The molecular weight excluding hydrogens is 400 g/mol. The third-order valence-electron chi connectivity index (χ3n) is 8.48. The lowest BCUT2D eigenvalue weighted by molar-refractivity contribution is -0.125. The van der Waals surface area contributed by atoms with Gasteiger partial charge in [0.25, 0.3) is 0 Å². The van der Waals surface area contributed by atoms with Crippen molar-refractivity contribution in [1.82, 2.24) is 5.32 Å². The van der Waals surface area contributed by atoms with E-state index in [9.17, 15) is 4.79 Å². The molecule has 2 aromatic rings. The first-order valence-corrected chi connectivity index (χ1v) is 12.8. The zero-order chi connectivity index (χ0) is 21.0. The van der Waals surface area contributed by atoms with Gasteiger partial charge in [-0.1, -0.05) is 36.0 Å². The zero-order valence-corrected chi connectivity index (χ0v) is 19.2. The molecule has 5 aliphatic rings. The Hall–Kier alpha value is -1.94. The van der Waals surface area contributed by atoms with Gasteiger partial charge >= 0.3 is 0 Å². The van der Waals surface area contributed by atoms with Gasteiger partial charge in [0.1, 0.15) is 0 Å². The van der Waals surface area contributed by atoms with Gasteiger partial charge < -0.3 is 10.2 Å². The fourth-order valence-corrected chi connectivity index (χ4v) is 8.51. The van der Waals surface area contributed by atoms with Crippen LogP contribution in [-0.2, 0) is 4.79 Å². The summed E-state index contributed by atoms with van der Waals surface area (Å²) in [5.41, 5.74) is 2.80. The first-order chi connectivity index (χ1) is 15.1. The number of fused-ring (bicyclic) bond motifs is 2. The van der Waals surface area contributed by atoms with Crippen LogP contribution in [0.25, 0.3) is 0 Å². The summed E-state index contributed by atoms with van der Waals surface area (Å²) in [6, 6.07) is 17.4. The van der Waals surface area contributed by atoms with E-state index >= 15 is 0 Å². The van der Waals surface area contributed by atoms with E-state index in [1.54, 1.807) is 0 Å². The van der Waals surface area contributed by atoms with Gasteiger partial charge in [0.05, 0.1) is 11.4 Å². The Bertz CT molecular complexity index is 921. The molecule has 7 rings (SSSR count). The predicted octanol–water partition coefficient (Wildman–Crippen LogP) is 6.40. The number of benzene rings is 2. The quantitative estimate of drug-likeness (QED) is 0.593. The summed E-state index contributed by atoms with van der Waals surface area (Å²) in [6.07, 6.45) is 8.90. The Labute approximate surface area is 190 Å². The molecule has 0 radical (unpaired) electrons. The smallest absolute Gasteiger partial charge is 0.222 e. The average Bonchev–Trinajstić information content (AvgIpc) is 2.75. The Kier molecular flexibility index (Phi) is 4.82. The fraction of sp³-hybridized carbons (Fsp3) is 0.519. The Balaban J connectivity index is 1.15.